The van der Waals surface area contributed by atoms with Crippen molar-refractivity contribution in [3.8, 4) is 5.75 Å². The van der Waals surface area contributed by atoms with Crippen molar-refractivity contribution in [3.05, 3.63) is 70.5 Å². The summed E-state index contributed by atoms with van der Waals surface area (Å²) in [6.07, 6.45) is 0.989. The molecule has 9 nitrogen and oxygen atoms in total. The number of fused-ring (bicyclic) bond motifs is 1. The molecule has 1 unspecified atom stereocenters. The number of H-pyrrole nitrogens is 1. The first-order chi connectivity index (χ1) is 16.3. The minimum Gasteiger partial charge on any atom is -0.506 e. The normalized spacial score (nSPS) is 16.6. The van der Waals surface area contributed by atoms with E-state index in [1.807, 2.05) is 0 Å². The number of phenolic OH excluding ortho intramolecular Hbond substituents is 1. The predicted octanol–water partition coefficient (Wildman–Crippen LogP) is 1.30. The molecule has 0 amide bonds. The van der Waals surface area contributed by atoms with Crippen LogP contribution in [0.5, 0.6) is 5.75 Å². The molecular formula is C24H30N4O5S. The molecule has 2 aromatic carbocycles. The number of hydrogen-bond acceptors (Lipinski definition) is 7. The van der Waals surface area contributed by atoms with E-state index in [4.69, 9.17) is 0 Å². The highest BCUT2D eigenvalue weighted by atomic mass is 32.2. The zero-order valence-electron chi connectivity index (χ0n) is 18.8. The summed E-state index contributed by atoms with van der Waals surface area (Å²) in [6, 6.07) is 14.7. The summed E-state index contributed by atoms with van der Waals surface area (Å²) in [5.41, 5.74) is 0.645. The zero-order chi connectivity index (χ0) is 24.1. The Bertz CT molecular complexity index is 1270. The van der Waals surface area contributed by atoms with Gasteiger partial charge in [-0.05, 0) is 55.8 Å². The number of aromatic hydroxyl groups is 1. The average molecular weight is 487 g/mol. The van der Waals surface area contributed by atoms with E-state index in [1.54, 1.807) is 42.5 Å². The highest BCUT2D eigenvalue weighted by molar-refractivity contribution is 7.89. The van der Waals surface area contributed by atoms with Crippen molar-refractivity contribution in [2.45, 2.75) is 29.9 Å². The highest BCUT2D eigenvalue weighted by Gasteiger charge is 2.21. The maximum absolute atomic E-state index is 12.3. The van der Waals surface area contributed by atoms with Crippen molar-refractivity contribution in [1.29, 1.82) is 0 Å². The van der Waals surface area contributed by atoms with Gasteiger partial charge in [0.25, 0.3) is 0 Å². The summed E-state index contributed by atoms with van der Waals surface area (Å²) in [5, 5.41) is 24.8. The van der Waals surface area contributed by atoms with Gasteiger partial charge in [0, 0.05) is 37.1 Å². The second-order valence-electron chi connectivity index (χ2n) is 8.54. The topological polar surface area (TPSA) is 135 Å². The number of nitrogens with one attached hydrogen (secondary N) is 3. The Morgan fingerprint density at radius 1 is 1.06 bits per heavy atom. The fourth-order valence-electron chi connectivity index (χ4n) is 4.32. The Hall–Kier alpha value is -2.76. The molecule has 0 saturated carbocycles. The summed E-state index contributed by atoms with van der Waals surface area (Å²) in [5.74, 6) is -0.0324. The zero-order valence-corrected chi connectivity index (χ0v) is 19.6. The van der Waals surface area contributed by atoms with E-state index in [0.717, 1.165) is 25.9 Å². The molecule has 0 spiro atoms. The first-order valence-corrected chi connectivity index (χ1v) is 12.9. The molecule has 0 aliphatic carbocycles. The number of sulfonamides is 1. The van der Waals surface area contributed by atoms with Crippen LogP contribution < -0.4 is 15.6 Å². The summed E-state index contributed by atoms with van der Waals surface area (Å²) in [7, 11) is -3.49. The molecule has 1 atom stereocenters. The smallest absolute Gasteiger partial charge is 0.248 e. The number of piperidine rings is 1. The number of likely N-dealkylation sites (tertiary alicyclic amines) is 1. The lowest BCUT2D eigenvalue weighted by atomic mass is 10.0. The highest BCUT2D eigenvalue weighted by Crippen LogP contribution is 2.28. The van der Waals surface area contributed by atoms with Crippen molar-refractivity contribution in [1.82, 2.24) is 19.9 Å². The van der Waals surface area contributed by atoms with Gasteiger partial charge in [0.1, 0.15) is 5.75 Å². The van der Waals surface area contributed by atoms with Gasteiger partial charge in [0.2, 0.25) is 15.6 Å². The van der Waals surface area contributed by atoms with Crippen LogP contribution in [0.1, 0.15) is 24.5 Å². The summed E-state index contributed by atoms with van der Waals surface area (Å²) in [6.45, 7) is 3.01. The van der Waals surface area contributed by atoms with Crippen LogP contribution in [0.3, 0.4) is 0 Å². The van der Waals surface area contributed by atoms with Crippen LogP contribution in [0.2, 0.25) is 0 Å². The van der Waals surface area contributed by atoms with Crippen molar-refractivity contribution in [3.63, 3.8) is 0 Å². The third kappa shape index (κ3) is 5.83. The molecule has 2 heterocycles. The Morgan fingerprint density at radius 3 is 2.53 bits per heavy atom. The number of aliphatic hydroxyl groups excluding tert-OH is 1. The van der Waals surface area contributed by atoms with Gasteiger partial charge in [0.05, 0.1) is 16.5 Å². The monoisotopic (exact) mass is 486 g/mol. The molecule has 1 aromatic heterocycles. The maximum atomic E-state index is 12.3. The largest absolute Gasteiger partial charge is 0.506 e. The molecule has 182 valence electrons. The van der Waals surface area contributed by atoms with E-state index in [2.05, 4.69) is 19.9 Å². The molecule has 34 heavy (non-hydrogen) atoms. The lowest BCUT2D eigenvalue weighted by Crippen LogP contribution is -2.45. The molecule has 3 aromatic rings. The predicted molar refractivity (Wildman–Crippen MR) is 130 cm³/mol. The summed E-state index contributed by atoms with van der Waals surface area (Å²) in [4.78, 5) is 16.7. The summed E-state index contributed by atoms with van der Waals surface area (Å²) < 4.78 is 27.3. The Morgan fingerprint density at radius 2 is 1.79 bits per heavy atom. The Labute approximate surface area is 198 Å². The van der Waals surface area contributed by atoms with Gasteiger partial charge in [-0.1, -0.05) is 24.3 Å². The number of phenols is 1. The van der Waals surface area contributed by atoms with Crippen LogP contribution in [0.25, 0.3) is 10.9 Å². The minimum absolute atomic E-state index is 0.0324. The lowest BCUT2D eigenvalue weighted by Gasteiger charge is -2.33. The molecule has 1 aliphatic rings. The fraction of sp³-hybridized carbons (Fsp3) is 0.375. The number of pyridine rings is 1. The fourth-order valence-corrected chi connectivity index (χ4v) is 5.36. The minimum atomic E-state index is -3.49. The van der Waals surface area contributed by atoms with Crippen molar-refractivity contribution >= 4 is 20.9 Å². The van der Waals surface area contributed by atoms with Gasteiger partial charge in [-0.15, -0.1) is 0 Å². The van der Waals surface area contributed by atoms with Gasteiger partial charge >= 0.3 is 0 Å². The van der Waals surface area contributed by atoms with Crippen LogP contribution in [0.4, 0.5) is 0 Å². The van der Waals surface area contributed by atoms with Crippen LogP contribution in [-0.4, -0.2) is 67.3 Å². The molecule has 1 fully saturated rings. The molecule has 10 heteroatoms. The number of benzene rings is 2. The first kappa shape index (κ1) is 24.4. The van der Waals surface area contributed by atoms with E-state index < -0.39 is 16.1 Å². The Balaban J connectivity index is 1.23. The van der Waals surface area contributed by atoms with Gasteiger partial charge in [-0.25, -0.2) is 13.1 Å². The average Bonchev–Trinajstić information content (AvgIpc) is 2.84. The third-order valence-corrected chi connectivity index (χ3v) is 7.70. The van der Waals surface area contributed by atoms with Gasteiger partial charge in [-0.3, -0.25) is 4.79 Å². The van der Waals surface area contributed by atoms with Crippen LogP contribution in [0.15, 0.2) is 64.3 Å². The van der Waals surface area contributed by atoms with Crippen LogP contribution in [0, 0.1) is 0 Å². The lowest BCUT2D eigenvalue weighted by molar-refractivity contribution is 0.153. The van der Waals surface area contributed by atoms with E-state index >= 15 is 0 Å². The third-order valence-electron chi connectivity index (χ3n) is 6.23. The molecule has 5 N–H and O–H groups in total. The number of hydrogen-bond donors (Lipinski definition) is 5. The molecule has 1 saturated heterocycles. The second-order valence-corrected chi connectivity index (χ2v) is 10.3. The molecule has 1 aliphatic heterocycles. The van der Waals surface area contributed by atoms with Crippen molar-refractivity contribution in [2.75, 3.05) is 32.7 Å². The SMILES string of the molecule is O=c1ccc2c(C(O)CNC3CCN(CCNS(=O)(=O)c4ccccc4)CC3)ccc(O)c2[nH]1. The van der Waals surface area contributed by atoms with Crippen LogP contribution >= 0.6 is 0 Å². The maximum Gasteiger partial charge on any atom is 0.248 e. The van der Waals surface area contributed by atoms with E-state index in [1.165, 1.54) is 12.1 Å². The number of aromatic nitrogens is 1. The van der Waals surface area contributed by atoms with Crippen molar-refractivity contribution in [2.24, 2.45) is 0 Å². The molecule has 4 rings (SSSR count). The number of rotatable bonds is 9. The number of aliphatic hydroxyl groups is 1. The van der Waals surface area contributed by atoms with E-state index in [0.29, 0.717) is 36.1 Å². The second kappa shape index (κ2) is 10.7. The van der Waals surface area contributed by atoms with Gasteiger partial charge < -0.3 is 25.4 Å². The molecular weight excluding hydrogens is 456 g/mol. The van der Waals surface area contributed by atoms with Crippen molar-refractivity contribution < 1.29 is 18.6 Å². The molecule has 0 bridgehead atoms. The standard InChI is InChI=1S/C24H30N4O5S/c29-21-8-6-19(20-7-9-23(31)27-24(20)21)22(30)16-25-17-10-13-28(14-11-17)15-12-26-34(32,33)18-4-2-1-3-5-18/h1-9,17,22,25-26,29-30H,10-16H2,(H,27,31). The Kier molecular flexibility index (Phi) is 7.64. The quantitative estimate of drug-likeness (QED) is 0.308. The first-order valence-electron chi connectivity index (χ1n) is 11.4. The number of nitrogens with zero attached hydrogens (tertiary/aromatic N) is 1. The number of aromatic amines is 1. The summed E-state index contributed by atoms with van der Waals surface area (Å²) >= 11 is 0. The van der Waals surface area contributed by atoms with E-state index in [9.17, 15) is 23.4 Å². The van der Waals surface area contributed by atoms with E-state index in [-0.39, 0.29) is 22.2 Å². The van der Waals surface area contributed by atoms with Gasteiger partial charge in [-0.2, -0.15) is 0 Å². The molecule has 0 radical (unpaired) electrons. The van der Waals surface area contributed by atoms with Crippen LogP contribution in [-0.2, 0) is 10.0 Å². The van der Waals surface area contributed by atoms with Gasteiger partial charge in [0.15, 0.2) is 0 Å².